The highest BCUT2D eigenvalue weighted by molar-refractivity contribution is 7.78. The van der Waals surface area contributed by atoms with E-state index in [4.69, 9.17) is 0 Å². The largest absolute Gasteiger partial charge is 0.236 e. The summed E-state index contributed by atoms with van der Waals surface area (Å²) in [5.74, 6) is -1.38. The van der Waals surface area contributed by atoms with Crippen LogP contribution in [0.3, 0.4) is 0 Å². The van der Waals surface area contributed by atoms with Gasteiger partial charge < -0.3 is 0 Å². The van der Waals surface area contributed by atoms with Crippen LogP contribution in [0.25, 0.3) is 11.4 Å². The van der Waals surface area contributed by atoms with Crippen molar-refractivity contribution in [2.75, 3.05) is 0 Å². The minimum absolute atomic E-state index is 0.256. The van der Waals surface area contributed by atoms with Gasteiger partial charge in [0.15, 0.2) is 17.5 Å². The third-order valence-corrected chi connectivity index (χ3v) is 2.77. The lowest BCUT2D eigenvalue weighted by Gasteiger charge is -2.04. The smallest absolute Gasteiger partial charge is 0.159 e. The zero-order chi connectivity index (χ0) is 14.5. The molecule has 2 aromatic rings. The zero-order valence-corrected chi connectivity index (χ0v) is 11.5. The number of hydrogen-bond donors (Lipinski definition) is 0. The molecule has 0 saturated carbocycles. The van der Waals surface area contributed by atoms with E-state index in [2.05, 4.69) is 27.2 Å². The van der Waals surface area contributed by atoms with E-state index >= 15 is 0 Å². The highest BCUT2D eigenvalue weighted by atomic mass is 32.1. The number of isothiocyanates is 1. The van der Waals surface area contributed by atoms with Crippen molar-refractivity contribution in [2.24, 2.45) is 4.99 Å². The zero-order valence-electron chi connectivity index (χ0n) is 10.7. The molecule has 102 valence electrons. The quantitative estimate of drug-likeness (QED) is 0.628. The summed E-state index contributed by atoms with van der Waals surface area (Å²) < 4.78 is 27.4. The first-order valence-electron chi connectivity index (χ1n) is 6.04. The summed E-state index contributed by atoms with van der Waals surface area (Å²) in [6.45, 7) is 2.05. The van der Waals surface area contributed by atoms with E-state index in [0.29, 0.717) is 0 Å². The van der Waals surface area contributed by atoms with E-state index in [9.17, 15) is 8.78 Å². The van der Waals surface area contributed by atoms with Crippen molar-refractivity contribution in [1.82, 2.24) is 9.97 Å². The number of thiocarbonyl (C=S) groups is 1. The summed E-state index contributed by atoms with van der Waals surface area (Å²) in [7, 11) is 0. The second kappa shape index (κ2) is 6.41. The molecule has 0 spiro atoms. The van der Waals surface area contributed by atoms with Crippen LogP contribution < -0.4 is 0 Å². The van der Waals surface area contributed by atoms with E-state index in [0.717, 1.165) is 30.5 Å². The molecule has 1 aromatic heterocycles. The second-order valence-electron chi connectivity index (χ2n) is 4.16. The van der Waals surface area contributed by atoms with Gasteiger partial charge in [-0.25, -0.2) is 18.7 Å². The van der Waals surface area contributed by atoms with Gasteiger partial charge in [0.25, 0.3) is 0 Å². The van der Waals surface area contributed by atoms with Crippen LogP contribution >= 0.6 is 12.2 Å². The minimum atomic E-state index is -0.821. The Morgan fingerprint density at radius 2 is 1.80 bits per heavy atom. The van der Waals surface area contributed by atoms with Gasteiger partial charge in [-0.05, 0) is 36.3 Å². The van der Waals surface area contributed by atoms with Gasteiger partial charge in [-0.1, -0.05) is 13.3 Å². The molecular formula is C14H11F2N3S. The molecule has 0 aliphatic carbocycles. The summed E-state index contributed by atoms with van der Waals surface area (Å²) in [4.78, 5) is 11.6. The number of halogens is 2. The molecule has 3 nitrogen and oxygen atoms in total. The van der Waals surface area contributed by atoms with Gasteiger partial charge in [0, 0.05) is 18.0 Å². The number of nitrogens with zero attached hydrogens (tertiary/aromatic N) is 3. The number of aryl methyl sites for hydroxylation is 1. The van der Waals surface area contributed by atoms with Crippen molar-refractivity contribution < 1.29 is 8.78 Å². The van der Waals surface area contributed by atoms with Gasteiger partial charge in [0.2, 0.25) is 0 Å². The molecule has 0 amide bonds. The molecule has 2 rings (SSSR count). The monoisotopic (exact) mass is 291 g/mol. The molecule has 0 aliphatic rings. The van der Waals surface area contributed by atoms with Crippen LogP contribution in [0.1, 0.15) is 18.9 Å². The normalized spacial score (nSPS) is 10.2. The molecule has 1 heterocycles. The first-order chi connectivity index (χ1) is 9.65. The second-order valence-corrected chi connectivity index (χ2v) is 4.34. The lowest BCUT2D eigenvalue weighted by atomic mass is 10.1. The van der Waals surface area contributed by atoms with Crippen molar-refractivity contribution in [3.8, 4) is 11.4 Å². The Balaban J connectivity index is 2.40. The predicted molar refractivity (Wildman–Crippen MR) is 76.1 cm³/mol. The fraction of sp³-hybridized carbons (Fsp3) is 0.214. The number of aliphatic imine (C=N–C) groups is 1. The molecule has 0 bridgehead atoms. The van der Waals surface area contributed by atoms with Gasteiger partial charge in [-0.2, -0.15) is 4.99 Å². The van der Waals surface area contributed by atoms with Gasteiger partial charge in [-0.3, -0.25) is 0 Å². The standard InChI is InChI=1S/C14H11F2N3S/c1-2-3-9-6-17-14(18-7-9)10-4-11(15)13(19-8-20)12(16)5-10/h4-7H,2-3H2,1H3. The minimum Gasteiger partial charge on any atom is -0.236 e. The van der Waals surface area contributed by atoms with Crippen LogP contribution in [-0.2, 0) is 6.42 Å². The molecule has 0 atom stereocenters. The van der Waals surface area contributed by atoms with Crippen LogP contribution in [0.2, 0.25) is 0 Å². The maximum absolute atomic E-state index is 13.7. The van der Waals surface area contributed by atoms with E-state index in [-0.39, 0.29) is 11.4 Å². The Kier molecular flexibility index (Phi) is 4.61. The van der Waals surface area contributed by atoms with Crippen molar-refractivity contribution in [3.05, 3.63) is 41.7 Å². The van der Waals surface area contributed by atoms with Crippen molar-refractivity contribution in [1.29, 1.82) is 0 Å². The predicted octanol–water partition coefficient (Wildman–Crippen LogP) is 4.11. The average molecular weight is 291 g/mol. The third kappa shape index (κ3) is 3.10. The number of rotatable bonds is 4. The summed E-state index contributed by atoms with van der Waals surface area (Å²) in [5.41, 5.74) is 0.789. The van der Waals surface area contributed by atoms with E-state index < -0.39 is 17.3 Å². The molecule has 20 heavy (non-hydrogen) atoms. The molecule has 0 N–H and O–H groups in total. The van der Waals surface area contributed by atoms with Crippen LogP contribution in [0.5, 0.6) is 0 Å². The fourth-order valence-electron chi connectivity index (χ4n) is 1.77. The molecule has 0 aliphatic heterocycles. The Morgan fingerprint density at radius 1 is 1.20 bits per heavy atom. The Labute approximate surface area is 120 Å². The van der Waals surface area contributed by atoms with Gasteiger partial charge in [0.1, 0.15) is 5.69 Å². The number of benzene rings is 1. The van der Waals surface area contributed by atoms with Crippen molar-refractivity contribution in [2.45, 2.75) is 19.8 Å². The molecule has 0 saturated heterocycles. The lowest BCUT2D eigenvalue weighted by molar-refractivity contribution is 0.588. The summed E-state index contributed by atoms with van der Waals surface area (Å²) in [5, 5.41) is 1.94. The van der Waals surface area contributed by atoms with E-state index in [1.807, 2.05) is 12.1 Å². The molecule has 0 radical (unpaired) electrons. The molecule has 6 heteroatoms. The lowest BCUT2D eigenvalue weighted by Crippen LogP contribution is -1.94. The Bertz CT molecular complexity index is 642. The highest BCUT2D eigenvalue weighted by Gasteiger charge is 2.12. The topological polar surface area (TPSA) is 38.1 Å². The highest BCUT2D eigenvalue weighted by Crippen LogP contribution is 2.27. The van der Waals surface area contributed by atoms with Crippen LogP contribution in [-0.4, -0.2) is 15.1 Å². The van der Waals surface area contributed by atoms with Crippen LogP contribution in [0, 0.1) is 11.6 Å². The average Bonchev–Trinajstić information content (AvgIpc) is 2.44. The Hall–Kier alpha value is -2.04. The van der Waals surface area contributed by atoms with Gasteiger partial charge in [-0.15, -0.1) is 0 Å². The first kappa shape index (κ1) is 14.4. The van der Waals surface area contributed by atoms with E-state index in [1.54, 1.807) is 12.4 Å². The molecular weight excluding hydrogens is 280 g/mol. The SMILES string of the molecule is CCCc1cnc(-c2cc(F)c(N=C=S)c(F)c2)nc1. The maximum atomic E-state index is 13.7. The number of aromatic nitrogens is 2. The Morgan fingerprint density at radius 3 is 2.30 bits per heavy atom. The molecule has 1 aromatic carbocycles. The summed E-state index contributed by atoms with van der Waals surface area (Å²) in [6.07, 6.45) is 5.16. The van der Waals surface area contributed by atoms with Crippen molar-refractivity contribution in [3.63, 3.8) is 0 Å². The van der Waals surface area contributed by atoms with Gasteiger partial charge >= 0.3 is 0 Å². The van der Waals surface area contributed by atoms with Crippen LogP contribution in [0.4, 0.5) is 14.5 Å². The maximum Gasteiger partial charge on any atom is 0.159 e. The fourth-order valence-corrected chi connectivity index (χ4v) is 1.86. The molecule has 0 fully saturated rings. The third-order valence-electron chi connectivity index (χ3n) is 2.68. The number of hydrogen-bond acceptors (Lipinski definition) is 4. The summed E-state index contributed by atoms with van der Waals surface area (Å²) in [6, 6.07) is 2.26. The molecule has 0 unspecified atom stereocenters. The summed E-state index contributed by atoms with van der Waals surface area (Å²) >= 11 is 4.34. The van der Waals surface area contributed by atoms with Gasteiger partial charge in [0.05, 0.1) is 5.16 Å². The first-order valence-corrected chi connectivity index (χ1v) is 6.44. The van der Waals surface area contributed by atoms with Crippen molar-refractivity contribution >= 4 is 23.1 Å². The van der Waals surface area contributed by atoms with Crippen LogP contribution in [0.15, 0.2) is 29.5 Å². The van der Waals surface area contributed by atoms with E-state index in [1.165, 1.54) is 0 Å².